The smallest absolute Gasteiger partial charge is 0.168 e. The molecule has 0 spiro atoms. The van der Waals surface area contributed by atoms with E-state index in [1.54, 1.807) is 10.9 Å². The van der Waals surface area contributed by atoms with Gasteiger partial charge in [0, 0.05) is 0 Å². The van der Waals surface area contributed by atoms with E-state index in [0.717, 1.165) is 16.7 Å². The molecule has 5 heteroatoms. The van der Waals surface area contributed by atoms with Gasteiger partial charge in [-0.25, -0.2) is 14.6 Å². The van der Waals surface area contributed by atoms with Crippen molar-refractivity contribution in [2.45, 2.75) is 19.4 Å². The lowest BCUT2D eigenvalue weighted by molar-refractivity contribution is 0.737. The van der Waals surface area contributed by atoms with Gasteiger partial charge in [-0.05, 0) is 26.0 Å². The average molecular weight is 277 g/mol. The largest absolute Gasteiger partial charge is 0.354 e. The monoisotopic (exact) mass is 277 g/mol. The van der Waals surface area contributed by atoms with Gasteiger partial charge in [-0.3, -0.25) is 0 Å². The fourth-order valence-corrected chi connectivity index (χ4v) is 2.03. The van der Waals surface area contributed by atoms with Gasteiger partial charge in [0.15, 0.2) is 5.65 Å². The highest BCUT2D eigenvalue weighted by Crippen LogP contribution is 2.23. The van der Waals surface area contributed by atoms with Crippen LogP contribution in [0.15, 0.2) is 42.9 Å². The quantitative estimate of drug-likeness (QED) is 0.748. The lowest BCUT2D eigenvalue weighted by Gasteiger charge is -2.20. The van der Waals surface area contributed by atoms with Gasteiger partial charge < -0.3 is 5.32 Å². The van der Waals surface area contributed by atoms with Crippen molar-refractivity contribution < 1.29 is 0 Å². The summed E-state index contributed by atoms with van der Waals surface area (Å²) in [7, 11) is 0. The highest BCUT2D eigenvalue weighted by atomic mass is 15.3. The highest BCUT2D eigenvalue weighted by Gasteiger charge is 2.17. The van der Waals surface area contributed by atoms with Crippen LogP contribution >= 0.6 is 0 Å². The number of benzene rings is 1. The Balaban J connectivity index is 2.11. The number of hydrogen-bond donors (Lipinski definition) is 1. The van der Waals surface area contributed by atoms with Gasteiger partial charge in [0.2, 0.25) is 0 Å². The van der Waals surface area contributed by atoms with Crippen LogP contribution in [0, 0.1) is 12.3 Å². The van der Waals surface area contributed by atoms with Gasteiger partial charge in [0.1, 0.15) is 12.1 Å². The van der Waals surface area contributed by atoms with E-state index in [1.165, 1.54) is 6.33 Å². The molecule has 0 bridgehead atoms. The first-order valence-electron chi connectivity index (χ1n) is 6.61. The van der Waals surface area contributed by atoms with Gasteiger partial charge in [-0.2, -0.15) is 5.10 Å². The predicted molar refractivity (Wildman–Crippen MR) is 83.2 cm³/mol. The number of para-hydroxylation sites is 1. The second kappa shape index (κ2) is 4.91. The van der Waals surface area contributed by atoms with E-state index in [0.29, 0.717) is 5.82 Å². The molecule has 0 radical (unpaired) electrons. The zero-order chi connectivity index (χ0) is 14.9. The van der Waals surface area contributed by atoms with E-state index < -0.39 is 5.54 Å². The fourth-order valence-electron chi connectivity index (χ4n) is 2.03. The molecule has 2 aromatic heterocycles. The van der Waals surface area contributed by atoms with Crippen molar-refractivity contribution in [2.75, 3.05) is 5.32 Å². The van der Waals surface area contributed by atoms with Crippen LogP contribution in [0.5, 0.6) is 0 Å². The second-order valence-corrected chi connectivity index (χ2v) is 5.25. The predicted octanol–water partition coefficient (Wildman–Crippen LogP) is 2.64. The average Bonchev–Trinajstić information content (AvgIpc) is 2.93. The van der Waals surface area contributed by atoms with E-state index in [4.69, 9.17) is 6.42 Å². The summed E-state index contributed by atoms with van der Waals surface area (Å²) < 4.78 is 1.78. The molecule has 104 valence electrons. The van der Waals surface area contributed by atoms with Gasteiger partial charge in [-0.15, -0.1) is 6.42 Å². The molecule has 0 amide bonds. The van der Waals surface area contributed by atoms with Crippen LogP contribution < -0.4 is 5.32 Å². The number of hydrogen-bond acceptors (Lipinski definition) is 4. The van der Waals surface area contributed by atoms with Gasteiger partial charge >= 0.3 is 0 Å². The molecule has 1 N–H and O–H groups in total. The molecular formula is C16H15N5. The Morgan fingerprint density at radius 1 is 1.19 bits per heavy atom. The molecule has 0 aliphatic carbocycles. The van der Waals surface area contributed by atoms with Crippen LogP contribution in [0.2, 0.25) is 0 Å². The number of anilines is 1. The summed E-state index contributed by atoms with van der Waals surface area (Å²) in [6.45, 7) is 3.84. The maximum absolute atomic E-state index is 5.52. The SMILES string of the molecule is C#CC(C)(C)Nc1ncnc2c1cnn2-c1ccccc1. The van der Waals surface area contributed by atoms with Gasteiger partial charge in [0.05, 0.1) is 22.8 Å². The number of nitrogens with zero attached hydrogens (tertiary/aromatic N) is 4. The Bertz CT molecular complexity index is 812. The third kappa shape index (κ3) is 2.43. The molecule has 2 heterocycles. The summed E-state index contributed by atoms with van der Waals surface area (Å²) in [6.07, 6.45) is 8.78. The Labute approximate surface area is 123 Å². The molecular weight excluding hydrogens is 262 g/mol. The molecule has 0 fully saturated rings. The summed E-state index contributed by atoms with van der Waals surface area (Å²) in [5, 5.41) is 8.48. The molecule has 0 aliphatic heterocycles. The van der Waals surface area contributed by atoms with Crippen molar-refractivity contribution in [1.29, 1.82) is 0 Å². The molecule has 21 heavy (non-hydrogen) atoms. The summed E-state index contributed by atoms with van der Waals surface area (Å²) >= 11 is 0. The first-order chi connectivity index (χ1) is 10.1. The van der Waals surface area contributed by atoms with E-state index in [1.807, 2.05) is 44.2 Å². The lowest BCUT2D eigenvalue weighted by Crippen LogP contribution is -2.29. The van der Waals surface area contributed by atoms with Crippen LogP contribution in [-0.2, 0) is 0 Å². The fraction of sp³-hybridized carbons (Fsp3) is 0.188. The molecule has 0 unspecified atom stereocenters. The van der Waals surface area contributed by atoms with Crippen molar-refractivity contribution in [3.8, 4) is 18.0 Å². The summed E-state index contributed by atoms with van der Waals surface area (Å²) in [5.74, 6) is 3.38. The molecule has 5 nitrogen and oxygen atoms in total. The van der Waals surface area contributed by atoms with Crippen LogP contribution in [0.3, 0.4) is 0 Å². The first kappa shape index (κ1) is 13.1. The van der Waals surface area contributed by atoms with Crippen molar-refractivity contribution in [3.63, 3.8) is 0 Å². The minimum absolute atomic E-state index is 0.490. The Morgan fingerprint density at radius 3 is 2.67 bits per heavy atom. The molecule has 0 saturated carbocycles. The number of aromatic nitrogens is 4. The zero-order valence-electron chi connectivity index (χ0n) is 11.9. The number of fused-ring (bicyclic) bond motifs is 1. The number of terminal acetylenes is 1. The standard InChI is InChI=1S/C16H15N5/c1-4-16(2,3)20-14-13-10-19-21(15(13)18-11-17-14)12-8-6-5-7-9-12/h1,5-11H,2-3H3,(H,17,18,20). The Morgan fingerprint density at radius 2 is 1.95 bits per heavy atom. The topological polar surface area (TPSA) is 55.6 Å². The van der Waals surface area contributed by atoms with Crippen LogP contribution in [0.25, 0.3) is 16.7 Å². The summed E-state index contributed by atoms with van der Waals surface area (Å²) in [4.78, 5) is 8.61. The van der Waals surface area contributed by atoms with Crippen molar-refractivity contribution in [1.82, 2.24) is 19.7 Å². The molecule has 3 aromatic rings. The van der Waals surface area contributed by atoms with Crippen molar-refractivity contribution in [2.24, 2.45) is 0 Å². The van der Waals surface area contributed by atoms with Gasteiger partial charge in [-0.1, -0.05) is 24.1 Å². The maximum Gasteiger partial charge on any atom is 0.168 e. The first-order valence-corrected chi connectivity index (χ1v) is 6.61. The van der Waals surface area contributed by atoms with E-state index in [2.05, 4.69) is 26.3 Å². The minimum atomic E-state index is -0.490. The molecule has 3 rings (SSSR count). The van der Waals surface area contributed by atoms with Crippen molar-refractivity contribution >= 4 is 16.9 Å². The highest BCUT2D eigenvalue weighted by molar-refractivity contribution is 5.87. The van der Waals surface area contributed by atoms with Crippen LogP contribution in [0.1, 0.15) is 13.8 Å². The third-order valence-electron chi connectivity index (χ3n) is 3.16. The Kier molecular flexibility index (Phi) is 3.07. The molecule has 1 aromatic carbocycles. The lowest BCUT2D eigenvalue weighted by atomic mass is 10.1. The number of nitrogens with one attached hydrogen (secondary N) is 1. The van der Waals surface area contributed by atoms with Crippen LogP contribution in [0.4, 0.5) is 5.82 Å². The zero-order valence-corrected chi connectivity index (χ0v) is 11.9. The third-order valence-corrected chi connectivity index (χ3v) is 3.16. The molecule has 0 aliphatic rings. The van der Waals surface area contributed by atoms with Crippen molar-refractivity contribution in [3.05, 3.63) is 42.9 Å². The summed E-state index contributed by atoms with van der Waals surface area (Å²) in [6, 6.07) is 9.85. The van der Waals surface area contributed by atoms with E-state index in [9.17, 15) is 0 Å². The summed E-state index contributed by atoms with van der Waals surface area (Å²) in [5.41, 5.74) is 1.20. The Hall–Kier alpha value is -2.87. The molecule has 0 saturated heterocycles. The van der Waals surface area contributed by atoms with Crippen LogP contribution in [-0.4, -0.2) is 25.3 Å². The van der Waals surface area contributed by atoms with E-state index >= 15 is 0 Å². The second-order valence-electron chi connectivity index (χ2n) is 5.25. The molecule has 0 atom stereocenters. The normalized spacial score (nSPS) is 11.3. The minimum Gasteiger partial charge on any atom is -0.354 e. The maximum atomic E-state index is 5.52. The van der Waals surface area contributed by atoms with E-state index in [-0.39, 0.29) is 0 Å². The number of rotatable bonds is 3. The van der Waals surface area contributed by atoms with Gasteiger partial charge in [0.25, 0.3) is 0 Å².